The second-order valence-corrected chi connectivity index (χ2v) is 5.95. The molecular weight excluding hydrogens is 264 g/mol. The summed E-state index contributed by atoms with van der Waals surface area (Å²) in [5.74, 6) is 1.57. The van der Waals surface area contributed by atoms with Crippen LogP contribution in [0.25, 0.3) is 0 Å². The fourth-order valence-corrected chi connectivity index (χ4v) is 2.44. The lowest BCUT2D eigenvalue weighted by atomic mass is 10.1. The SMILES string of the molecule is COc1ccc(CC(C)NC(C)CCN(C)C)cc1OC. The van der Waals surface area contributed by atoms with E-state index in [-0.39, 0.29) is 0 Å². The van der Waals surface area contributed by atoms with Crippen molar-refractivity contribution in [1.29, 1.82) is 0 Å². The minimum absolute atomic E-state index is 0.431. The molecule has 2 unspecified atom stereocenters. The number of methoxy groups -OCH3 is 2. The molecule has 1 N–H and O–H groups in total. The first-order valence-corrected chi connectivity index (χ1v) is 7.58. The normalized spacial score (nSPS) is 14.0. The molecule has 21 heavy (non-hydrogen) atoms. The van der Waals surface area contributed by atoms with Gasteiger partial charge >= 0.3 is 0 Å². The number of nitrogens with one attached hydrogen (secondary N) is 1. The van der Waals surface area contributed by atoms with Crippen molar-refractivity contribution in [2.45, 2.75) is 38.8 Å². The highest BCUT2D eigenvalue weighted by Crippen LogP contribution is 2.27. The highest BCUT2D eigenvalue weighted by molar-refractivity contribution is 5.43. The highest BCUT2D eigenvalue weighted by atomic mass is 16.5. The molecule has 0 heterocycles. The fourth-order valence-electron chi connectivity index (χ4n) is 2.44. The van der Waals surface area contributed by atoms with Crippen LogP contribution in [0.2, 0.25) is 0 Å². The summed E-state index contributed by atoms with van der Waals surface area (Å²) in [6.07, 6.45) is 2.13. The number of benzene rings is 1. The molecule has 0 amide bonds. The summed E-state index contributed by atoms with van der Waals surface area (Å²) >= 11 is 0. The van der Waals surface area contributed by atoms with E-state index in [2.05, 4.69) is 50.3 Å². The first-order chi connectivity index (χ1) is 9.96. The van der Waals surface area contributed by atoms with Gasteiger partial charge in [-0.1, -0.05) is 6.07 Å². The second kappa shape index (κ2) is 8.90. The van der Waals surface area contributed by atoms with Gasteiger partial charge in [-0.2, -0.15) is 0 Å². The van der Waals surface area contributed by atoms with Gasteiger partial charge in [0.2, 0.25) is 0 Å². The smallest absolute Gasteiger partial charge is 0.160 e. The Morgan fingerprint density at radius 1 is 1.05 bits per heavy atom. The van der Waals surface area contributed by atoms with Crippen molar-refractivity contribution < 1.29 is 9.47 Å². The van der Waals surface area contributed by atoms with E-state index in [0.29, 0.717) is 12.1 Å². The predicted molar refractivity (Wildman–Crippen MR) is 88.5 cm³/mol. The fraction of sp³-hybridized carbons (Fsp3) is 0.647. The number of ether oxygens (including phenoxy) is 2. The third kappa shape index (κ3) is 6.36. The van der Waals surface area contributed by atoms with Crippen LogP contribution in [0.15, 0.2) is 18.2 Å². The van der Waals surface area contributed by atoms with E-state index in [0.717, 1.165) is 30.9 Å². The number of hydrogen-bond acceptors (Lipinski definition) is 4. The molecule has 0 aliphatic carbocycles. The maximum Gasteiger partial charge on any atom is 0.160 e. The van der Waals surface area contributed by atoms with E-state index in [1.54, 1.807) is 14.2 Å². The van der Waals surface area contributed by atoms with Crippen LogP contribution in [0.4, 0.5) is 0 Å². The van der Waals surface area contributed by atoms with Gasteiger partial charge in [-0.05, 0) is 65.0 Å². The third-order valence-electron chi connectivity index (χ3n) is 3.57. The van der Waals surface area contributed by atoms with Crippen LogP contribution in [0, 0.1) is 0 Å². The first kappa shape index (κ1) is 17.8. The summed E-state index contributed by atoms with van der Waals surface area (Å²) in [7, 11) is 7.56. The molecule has 0 saturated carbocycles. The standard InChI is InChI=1S/C17H30N2O2/c1-13(9-10-19(3)4)18-14(2)11-15-7-8-16(20-5)17(12-15)21-6/h7-8,12-14,18H,9-11H2,1-6H3. The van der Waals surface area contributed by atoms with E-state index in [1.165, 1.54) is 5.56 Å². The molecule has 120 valence electrons. The Bertz CT molecular complexity index is 421. The van der Waals surface area contributed by atoms with Gasteiger partial charge in [-0.15, -0.1) is 0 Å². The summed E-state index contributed by atoms with van der Waals surface area (Å²) in [4.78, 5) is 2.22. The van der Waals surface area contributed by atoms with Crippen molar-refractivity contribution in [3.8, 4) is 11.5 Å². The van der Waals surface area contributed by atoms with E-state index < -0.39 is 0 Å². The number of nitrogens with zero attached hydrogens (tertiary/aromatic N) is 1. The Balaban J connectivity index is 2.52. The number of hydrogen-bond donors (Lipinski definition) is 1. The zero-order valence-corrected chi connectivity index (χ0v) is 14.3. The van der Waals surface area contributed by atoms with Crippen LogP contribution in [-0.4, -0.2) is 51.8 Å². The lowest BCUT2D eigenvalue weighted by molar-refractivity contribution is 0.350. The van der Waals surface area contributed by atoms with Crippen LogP contribution in [0.3, 0.4) is 0 Å². The Morgan fingerprint density at radius 2 is 1.71 bits per heavy atom. The van der Waals surface area contributed by atoms with Crippen molar-refractivity contribution in [3.63, 3.8) is 0 Å². The summed E-state index contributed by atoms with van der Waals surface area (Å²) in [6.45, 7) is 5.58. The maximum absolute atomic E-state index is 5.35. The van der Waals surface area contributed by atoms with Crippen molar-refractivity contribution in [1.82, 2.24) is 10.2 Å². The average Bonchev–Trinajstić information content (AvgIpc) is 2.44. The summed E-state index contributed by atoms with van der Waals surface area (Å²) in [5.41, 5.74) is 1.26. The van der Waals surface area contributed by atoms with Gasteiger partial charge in [0.1, 0.15) is 0 Å². The van der Waals surface area contributed by atoms with E-state index in [4.69, 9.17) is 9.47 Å². The lowest BCUT2D eigenvalue weighted by Gasteiger charge is -2.22. The van der Waals surface area contributed by atoms with Gasteiger partial charge in [0, 0.05) is 12.1 Å². The van der Waals surface area contributed by atoms with Gasteiger partial charge < -0.3 is 19.7 Å². The minimum atomic E-state index is 0.431. The first-order valence-electron chi connectivity index (χ1n) is 7.58. The second-order valence-electron chi connectivity index (χ2n) is 5.95. The molecule has 4 heteroatoms. The Morgan fingerprint density at radius 3 is 2.29 bits per heavy atom. The van der Waals surface area contributed by atoms with Crippen molar-refractivity contribution in [2.24, 2.45) is 0 Å². The largest absolute Gasteiger partial charge is 0.493 e. The van der Waals surface area contributed by atoms with E-state index in [1.807, 2.05) is 6.07 Å². The predicted octanol–water partition coefficient (Wildman–Crippen LogP) is 2.56. The number of rotatable bonds is 9. The Hall–Kier alpha value is -1.26. The summed E-state index contributed by atoms with van der Waals surface area (Å²) < 4.78 is 10.6. The molecule has 0 radical (unpaired) electrons. The van der Waals surface area contributed by atoms with Crippen LogP contribution in [-0.2, 0) is 6.42 Å². The summed E-state index contributed by atoms with van der Waals surface area (Å²) in [6, 6.07) is 7.07. The van der Waals surface area contributed by atoms with E-state index in [9.17, 15) is 0 Å². The molecule has 0 saturated heterocycles. The molecule has 1 rings (SSSR count). The molecule has 4 nitrogen and oxygen atoms in total. The van der Waals surface area contributed by atoms with Gasteiger partial charge in [0.25, 0.3) is 0 Å². The topological polar surface area (TPSA) is 33.7 Å². The zero-order valence-electron chi connectivity index (χ0n) is 14.3. The molecule has 2 atom stereocenters. The quantitative estimate of drug-likeness (QED) is 0.759. The average molecular weight is 294 g/mol. The van der Waals surface area contributed by atoms with E-state index >= 15 is 0 Å². The zero-order chi connectivity index (χ0) is 15.8. The van der Waals surface area contributed by atoms with Gasteiger partial charge in [0.15, 0.2) is 11.5 Å². The van der Waals surface area contributed by atoms with Crippen LogP contribution in [0.1, 0.15) is 25.8 Å². The van der Waals surface area contributed by atoms with Crippen LogP contribution in [0.5, 0.6) is 11.5 Å². The van der Waals surface area contributed by atoms with Gasteiger partial charge in [0.05, 0.1) is 14.2 Å². The molecule has 0 aliphatic heterocycles. The summed E-state index contributed by atoms with van der Waals surface area (Å²) in [5, 5.41) is 3.65. The van der Waals surface area contributed by atoms with Crippen LogP contribution < -0.4 is 14.8 Å². The molecule has 0 aromatic heterocycles. The molecule has 0 spiro atoms. The van der Waals surface area contributed by atoms with Gasteiger partial charge in [-0.25, -0.2) is 0 Å². The van der Waals surface area contributed by atoms with Gasteiger partial charge in [-0.3, -0.25) is 0 Å². The van der Waals surface area contributed by atoms with Crippen molar-refractivity contribution in [2.75, 3.05) is 34.9 Å². The minimum Gasteiger partial charge on any atom is -0.493 e. The van der Waals surface area contributed by atoms with Crippen molar-refractivity contribution in [3.05, 3.63) is 23.8 Å². The lowest BCUT2D eigenvalue weighted by Crippen LogP contribution is -2.37. The maximum atomic E-state index is 5.35. The van der Waals surface area contributed by atoms with Crippen LogP contribution >= 0.6 is 0 Å². The highest BCUT2D eigenvalue weighted by Gasteiger charge is 2.10. The molecule has 1 aromatic carbocycles. The molecule has 0 fully saturated rings. The Kier molecular flexibility index (Phi) is 7.54. The molecular formula is C17H30N2O2. The van der Waals surface area contributed by atoms with Crippen molar-refractivity contribution >= 4 is 0 Å². The third-order valence-corrected chi connectivity index (χ3v) is 3.57. The Labute approximate surface area is 129 Å². The monoisotopic (exact) mass is 294 g/mol. The molecule has 0 bridgehead atoms. The molecule has 1 aromatic rings. The molecule has 0 aliphatic rings.